The van der Waals surface area contributed by atoms with Crippen LogP contribution in [0.25, 0.3) is 6.08 Å². The first-order chi connectivity index (χ1) is 11.2. The predicted octanol–water partition coefficient (Wildman–Crippen LogP) is 5.51. The Balaban J connectivity index is 2.29. The van der Waals surface area contributed by atoms with Gasteiger partial charge in [0.25, 0.3) is 0 Å². The molecule has 0 saturated carbocycles. The molecule has 0 N–H and O–H groups in total. The molecule has 0 aliphatic heterocycles. The van der Waals surface area contributed by atoms with Crippen molar-refractivity contribution in [1.82, 2.24) is 4.90 Å². The number of hydrogen-bond donors (Lipinski definition) is 0. The van der Waals surface area contributed by atoms with Gasteiger partial charge in [0.05, 0.1) is 0 Å². The van der Waals surface area contributed by atoms with E-state index in [0.29, 0.717) is 0 Å². The molecule has 0 radical (unpaired) electrons. The molecule has 0 spiro atoms. The van der Waals surface area contributed by atoms with Gasteiger partial charge in [-0.1, -0.05) is 85.8 Å². The Kier molecular flexibility index (Phi) is 6.37. The molecule has 1 nitrogen and oxygen atoms in total. The fraction of sp³-hybridized carbons (Fsp3) is 0.273. The summed E-state index contributed by atoms with van der Waals surface area (Å²) in [7, 11) is 2.19. The molecule has 120 valence electrons. The highest BCUT2D eigenvalue weighted by molar-refractivity contribution is 5.49. The third-order valence-corrected chi connectivity index (χ3v) is 4.60. The molecule has 0 amide bonds. The van der Waals surface area contributed by atoms with E-state index in [4.69, 9.17) is 0 Å². The van der Waals surface area contributed by atoms with Crippen molar-refractivity contribution >= 4 is 6.08 Å². The van der Waals surface area contributed by atoms with E-state index >= 15 is 0 Å². The van der Waals surface area contributed by atoms with Crippen molar-refractivity contribution in [2.75, 3.05) is 13.6 Å². The summed E-state index contributed by atoms with van der Waals surface area (Å²) in [4.78, 5) is 2.41. The molecule has 0 saturated heterocycles. The number of rotatable bonds is 8. The van der Waals surface area contributed by atoms with Crippen LogP contribution in [-0.4, -0.2) is 18.5 Å². The zero-order chi connectivity index (χ0) is 16.5. The lowest BCUT2D eigenvalue weighted by atomic mass is 9.82. The van der Waals surface area contributed by atoms with E-state index < -0.39 is 0 Å². The monoisotopic (exact) mass is 305 g/mol. The molecule has 0 bridgehead atoms. The number of likely N-dealkylation sites (N-methyl/N-ethyl adjacent to an activating group) is 1. The average molecular weight is 305 g/mol. The van der Waals surface area contributed by atoms with Crippen LogP contribution >= 0.6 is 0 Å². The predicted molar refractivity (Wildman–Crippen MR) is 101 cm³/mol. The van der Waals surface area contributed by atoms with Gasteiger partial charge in [-0.2, -0.15) is 0 Å². The number of nitrogens with zero attached hydrogens (tertiary/aromatic N) is 1. The normalized spacial score (nSPS) is 14.0. The second-order valence-corrected chi connectivity index (χ2v) is 5.94. The third kappa shape index (κ3) is 4.20. The van der Waals surface area contributed by atoms with E-state index in [0.717, 1.165) is 19.4 Å². The standard InChI is InChI=1S/C22H27N/c1-4-19-23(3)22(5-2,21-16-10-7-11-17-21)18-12-15-20-13-8-6-9-14-20/h4,6-17H,1,5,18-19H2,2-3H3/b15-12+. The number of hydrogen-bond acceptors (Lipinski definition) is 1. The van der Waals surface area contributed by atoms with E-state index in [2.05, 4.69) is 98.3 Å². The van der Waals surface area contributed by atoms with Crippen LogP contribution in [0.1, 0.15) is 30.9 Å². The van der Waals surface area contributed by atoms with Crippen LogP contribution < -0.4 is 0 Å². The summed E-state index contributed by atoms with van der Waals surface area (Å²) in [6, 6.07) is 21.3. The van der Waals surface area contributed by atoms with Gasteiger partial charge in [0.1, 0.15) is 0 Å². The molecule has 2 aromatic rings. The van der Waals surface area contributed by atoms with E-state index in [1.165, 1.54) is 11.1 Å². The number of benzene rings is 2. The zero-order valence-electron chi connectivity index (χ0n) is 14.3. The Bertz CT molecular complexity index is 615. The zero-order valence-corrected chi connectivity index (χ0v) is 14.3. The van der Waals surface area contributed by atoms with Crippen molar-refractivity contribution in [3.63, 3.8) is 0 Å². The molecule has 0 aromatic heterocycles. The van der Waals surface area contributed by atoms with Gasteiger partial charge in [0.2, 0.25) is 0 Å². The maximum Gasteiger partial charge on any atom is 0.0492 e. The molecule has 0 aliphatic rings. The van der Waals surface area contributed by atoms with Gasteiger partial charge in [0, 0.05) is 12.1 Å². The first kappa shape index (κ1) is 17.2. The molecular weight excluding hydrogens is 278 g/mol. The Hall–Kier alpha value is -2.12. The van der Waals surface area contributed by atoms with Crippen LogP contribution in [0.3, 0.4) is 0 Å². The Morgan fingerprint density at radius 2 is 1.61 bits per heavy atom. The minimum atomic E-state index is 0.000725. The van der Waals surface area contributed by atoms with Gasteiger partial charge >= 0.3 is 0 Å². The summed E-state index contributed by atoms with van der Waals surface area (Å²) in [5.41, 5.74) is 2.61. The van der Waals surface area contributed by atoms with Crippen LogP contribution in [0.2, 0.25) is 0 Å². The summed E-state index contributed by atoms with van der Waals surface area (Å²) in [6.07, 6.45) is 8.53. The lowest BCUT2D eigenvalue weighted by Crippen LogP contribution is -2.43. The molecule has 2 aromatic carbocycles. The molecule has 2 rings (SSSR count). The van der Waals surface area contributed by atoms with E-state index in [1.54, 1.807) is 0 Å². The molecular formula is C22H27N. The largest absolute Gasteiger partial charge is 0.293 e. The highest BCUT2D eigenvalue weighted by Gasteiger charge is 2.32. The minimum absolute atomic E-state index is 0.000725. The lowest BCUT2D eigenvalue weighted by Gasteiger charge is -2.41. The van der Waals surface area contributed by atoms with Crippen LogP contribution in [0.15, 0.2) is 79.4 Å². The van der Waals surface area contributed by atoms with Crippen molar-refractivity contribution in [3.8, 4) is 0 Å². The fourth-order valence-electron chi connectivity index (χ4n) is 3.18. The summed E-state index contributed by atoms with van der Waals surface area (Å²) >= 11 is 0. The second-order valence-electron chi connectivity index (χ2n) is 5.94. The van der Waals surface area contributed by atoms with Gasteiger partial charge in [-0.15, -0.1) is 6.58 Å². The molecule has 1 atom stereocenters. The first-order valence-corrected chi connectivity index (χ1v) is 8.32. The lowest BCUT2D eigenvalue weighted by molar-refractivity contribution is 0.129. The van der Waals surface area contributed by atoms with Crippen molar-refractivity contribution in [2.24, 2.45) is 0 Å². The van der Waals surface area contributed by atoms with Gasteiger partial charge in [-0.3, -0.25) is 4.90 Å². The van der Waals surface area contributed by atoms with Gasteiger partial charge in [0.15, 0.2) is 0 Å². The van der Waals surface area contributed by atoms with Crippen LogP contribution in [-0.2, 0) is 5.54 Å². The molecule has 23 heavy (non-hydrogen) atoms. The van der Waals surface area contributed by atoms with E-state index in [9.17, 15) is 0 Å². The van der Waals surface area contributed by atoms with Crippen LogP contribution in [0.5, 0.6) is 0 Å². The van der Waals surface area contributed by atoms with Crippen molar-refractivity contribution < 1.29 is 0 Å². The quantitative estimate of drug-likeness (QED) is 0.581. The van der Waals surface area contributed by atoms with Gasteiger partial charge < -0.3 is 0 Å². The maximum atomic E-state index is 3.91. The van der Waals surface area contributed by atoms with Gasteiger partial charge in [-0.25, -0.2) is 0 Å². The minimum Gasteiger partial charge on any atom is -0.293 e. The Morgan fingerprint density at radius 3 is 2.17 bits per heavy atom. The highest BCUT2D eigenvalue weighted by atomic mass is 15.2. The summed E-state index contributed by atoms with van der Waals surface area (Å²) in [5, 5.41) is 0. The molecule has 0 aliphatic carbocycles. The van der Waals surface area contributed by atoms with Crippen molar-refractivity contribution in [2.45, 2.75) is 25.3 Å². The molecule has 0 fully saturated rings. The van der Waals surface area contributed by atoms with Crippen LogP contribution in [0, 0.1) is 0 Å². The molecule has 1 unspecified atom stereocenters. The van der Waals surface area contributed by atoms with Crippen molar-refractivity contribution in [3.05, 3.63) is 90.5 Å². The van der Waals surface area contributed by atoms with Gasteiger partial charge in [-0.05, 0) is 31.0 Å². The summed E-state index contributed by atoms with van der Waals surface area (Å²) in [6.45, 7) is 7.05. The topological polar surface area (TPSA) is 3.24 Å². The van der Waals surface area contributed by atoms with E-state index in [-0.39, 0.29) is 5.54 Å². The Morgan fingerprint density at radius 1 is 1.00 bits per heavy atom. The smallest absolute Gasteiger partial charge is 0.0492 e. The highest BCUT2D eigenvalue weighted by Crippen LogP contribution is 2.35. The van der Waals surface area contributed by atoms with E-state index in [1.807, 2.05) is 6.08 Å². The van der Waals surface area contributed by atoms with Crippen molar-refractivity contribution in [1.29, 1.82) is 0 Å². The fourth-order valence-corrected chi connectivity index (χ4v) is 3.18. The molecule has 0 heterocycles. The third-order valence-electron chi connectivity index (χ3n) is 4.60. The SMILES string of the molecule is C=CCN(C)C(CC)(C/C=C/c1ccccc1)c1ccccc1. The maximum absolute atomic E-state index is 3.91. The Labute approximate surface area is 141 Å². The van der Waals surface area contributed by atoms with Crippen LogP contribution in [0.4, 0.5) is 0 Å². The molecule has 1 heteroatoms. The summed E-state index contributed by atoms with van der Waals surface area (Å²) < 4.78 is 0. The first-order valence-electron chi connectivity index (χ1n) is 8.32. The average Bonchev–Trinajstić information content (AvgIpc) is 2.61. The summed E-state index contributed by atoms with van der Waals surface area (Å²) in [5.74, 6) is 0. The second kappa shape index (κ2) is 8.50.